The van der Waals surface area contributed by atoms with Gasteiger partial charge in [0.15, 0.2) is 11.6 Å². The lowest BCUT2D eigenvalue weighted by molar-refractivity contribution is -0.144. The summed E-state index contributed by atoms with van der Waals surface area (Å²) in [5.74, 6) is -1.37. The molecule has 0 bridgehead atoms. The fraction of sp³-hybridized carbons (Fsp3) is 0.489. The standard InChI is InChI=1S/C47H52FN5O7S3/c1-7-27-22-47(27,45(56)52-63(57,58)31-16-17-31)23-36(54)35-20-30(24-53(35)44(55)33(46(4,5)6)21-39-49-34-9-8-10-38(34)61-39)60-43-41-40(32-19-28(48)13-18-37(32)62-41)50-42(51-43)26-11-14-29(15-12-26)59-25(2)3/h7,11-15,18-19,25,27,30-31,33,35H,1,8-10,16-17,20-24H2,2-6H3,(H,52,56)/t27-,30-,33-,35+,47-/m1/s1. The van der Waals surface area contributed by atoms with Crippen molar-refractivity contribution in [2.24, 2.45) is 22.7 Å². The fourth-order valence-electron chi connectivity index (χ4n) is 9.12. The Morgan fingerprint density at radius 2 is 1.83 bits per heavy atom. The first kappa shape index (κ1) is 43.5. The summed E-state index contributed by atoms with van der Waals surface area (Å²) in [5, 5.41) is 0.883. The summed E-state index contributed by atoms with van der Waals surface area (Å²) in [6.07, 6.45) is 5.33. The number of aryl methyl sites for hydroxylation is 2. The highest BCUT2D eigenvalue weighted by Gasteiger charge is 2.61. The van der Waals surface area contributed by atoms with Crippen LogP contribution in [0.1, 0.15) is 88.7 Å². The number of hydrogen-bond donors (Lipinski definition) is 1. The average Bonchev–Trinajstić information content (AvgIpc) is 3.99. The predicted octanol–water partition coefficient (Wildman–Crippen LogP) is 8.40. The van der Waals surface area contributed by atoms with Crippen LogP contribution in [0.25, 0.3) is 31.7 Å². The lowest BCUT2D eigenvalue weighted by Gasteiger charge is -2.35. The molecule has 5 aromatic rings. The van der Waals surface area contributed by atoms with Crippen molar-refractivity contribution >= 4 is 70.6 Å². The van der Waals surface area contributed by atoms with Gasteiger partial charge in [0.25, 0.3) is 0 Å². The molecule has 5 atom stereocenters. The molecule has 0 radical (unpaired) electrons. The van der Waals surface area contributed by atoms with E-state index < -0.39 is 61.8 Å². The Kier molecular flexibility index (Phi) is 11.3. The number of benzene rings is 2. The normalized spacial score (nSPS) is 22.7. The number of carbonyl (C=O) groups excluding carboxylic acids is 3. The van der Waals surface area contributed by atoms with E-state index in [4.69, 9.17) is 24.4 Å². The zero-order chi connectivity index (χ0) is 44.6. The van der Waals surface area contributed by atoms with Gasteiger partial charge in [-0.15, -0.1) is 29.3 Å². The molecule has 16 heteroatoms. The summed E-state index contributed by atoms with van der Waals surface area (Å²) in [6.45, 7) is 13.9. The number of amides is 2. The largest absolute Gasteiger partial charge is 0.491 e. The molecular formula is C47H52FN5O7S3. The molecule has 12 nitrogen and oxygen atoms in total. The molecule has 332 valence electrons. The number of ether oxygens (including phenoxy) is 2. The summed E-state index contributed by atoms with van der Waals surface area (Å²) in [5.41, 5.74) is 0.482. The number of likely N-dealkylation sites (tertiary alicyclic amines) is 1. The van der Waals surface area contributed by atoms with Gasteiger partial charge in [-0.1, -0.05) is 26.8 Å². The number of sulfonamides is 1. The predicted molar refractivity (Wildman–Crippen MR) is 242 cm³/mol. The van der Waals surface area contributed by atoms with Crippen LogP contribution in [-0.4, -0.2) is 75.9 Å². The molecule has 1 N–H and O–H groups in total. The molecule has 0 spiro atoms. The van der Waals surface area contributed by atoms with Crippen LogP contribution in [0.4, 0.5) is 4.39 Å². The van der Waals surface area contributed by atoms with E-state index >= 15 is 4.79 Å². The number of nitrogens with one attached hydrogen (secondary N) is 1. The Balaban J connectivity index is 1.07. The van der Waals surface area contributed by atoms with Crippen LogP contribution < -0.4 is 14.2 Å². The van der Waals surface area contributed by atoms with Crippen LogP contribution >= 0.6 is 22.7 Å². The van der Waals surface area contributed by atoms with E-state index in [9.17, 15) is 22.4 Å². The first-order valence-electron chi connectivity index (χ1n) is 21.7. The van der Waals surface area contributed by atoms with Gasteiger partial charge in [0.05, 0.1) is 45.6 Å². The third-order valence-electron chi connectivity index (χ3n) is 12.8. The minimum atomic E-state index is -3.87. The minimum absolute atomic E-state index is 0.0188. The van der Waals surface area contributed by atoms with Crippen molar-refractivity contribution in [3.63, 3.8) is 0 Å². The maximum absolute atomic E-state index is 15.1. The third kappa shape index (κ3) is 8.62. The summed E-state index contributed by atoms with van der Waals surface area (Å²) in [7, 11) is -3.87. The van der Waals surface area contributed by atoms with Gasteiger partial charge in [0, 0.05) is 45.7 Å². The number of ketones is 1. The zero-order valence-corrected chi connectivity index (χ0v) is 38.6. The highest BCUT2D eigenvalue weighted by Crippen LogP contribution is 2.57. The van der Waals surface area contributed by atoms with Gasteiger partial charge in [-0.3, -0.25) is 19.1 Å². The summed E-state index contributed by atoms with van der Waals surface area (Å²) < 4.78 is 56.9. The van der Waals surface area contributed by atoms with Gasteiger partial charge in [-0.25, -0.2) is 22.8 Å². The number of halogens is 1. The van der Waals surface area contributed by atoms with Gasteiger partial charge < -0.3 is 14.4 Å². The van der Waals surface area contributed by atoms with Crippen LogP contribution in [-0.2, 0) is 43.7 Å². The third-order valence-corrected chi connectivity index (χ3v) is 17.0. The Morgan fingerprint density at radius 1 is 1.06 bits per heavy atom. The Labute approximate surface area is 374 Å². The van der Waals surface area contributed by atoms with Crippen molar-refractivity contribution < 1.29 is 36.7 Å². The number of thiazole rings is 1. The first-order valence-corrected chi connectivity index (χ1v) is 24.9. The molecular weight excluding hydrogens is 862 g/mol. The van der Waals surface area contributed by atoms with E-state index in [0.29, 0.717) is 52.0 Å². The van der Waals surface area contributed by atoms with E-state index in [0.717, 1.165) is 34.7 Å². The molecule has 3 aliphatic carbocycles. The van der Waals surface area contributed by atoms with Crippen molar-refractivity contribution in [1.29, 1.82) is 0 Å². The molecule has 2 amide bonds. The summed E-state index contributed by atoms with van der Waals surface area (Å²) in [4.78, 5) is 61.4. The molecule has 0 unspecified atom stereocenters. The molecule has 2 saturated carbocycles. The number of Topliss-reactive ketones (excluding diaryl/α,β-unsaturated/α-hetero) is 1. The molecule has 3 aromatic heterocycles. The maximum Gasteiger partial charge on any atom is 0.240 e. The number of hydrogen-bond acceptors (Lipinski definition) is 12. The smallest absolute Gasteiger partial charge is 0.240 e. The number of fused-ring (bicyclic) bond motifs is 4. The van der Waals surface area contributed by atoms with Crippen molar-refractivity contribution in [3.8, 4) is 23.0 Å². The van der Waals surface area contributed by atoms with Crippen LogP contribution in [0, 0.1) is 28.5 Å². The van der Waals surface area contributed by atoms with Gasteiger partial charge in [0.1, 0.15) is 22.4 Å². The molecule has 1 aliphatic heterocycles. The van der Waals surface area contributed by atoms with E-state index in [1.165, 1.54) is 28.3 Å². The van der Waals surface area contributed by atoms with Crippen molar-refractivity contribution in [2.45, 2.75) is 116 Å². The van der Waals surface area contributed by atoms with Gasteiger partial charge in [-0.2, -0.15) is 4.98 Å². The van der Waals surface area contributed by atoms with Gasteiger partial charge >= 0.3 is 0 Å². The molecule has 4 heterocycles. The highest BCUT2D eigenvalue weighted by molar-refractivity contribution is 7.90. The zero-order valence-electron chi connectivity index (χ0n) is 36.1. The number of nitrogens with zero attached hydrogens (tertiary/aromatic N) is 4. The number of aromatic nitrogens is 3. The van der Waals surface area contributed by atoms with Crippen molar-refractivity contribution in [2.75, 3.05) is 6.54 Å². The maximum atomic E-state index is 15.1. The molecule has 4 aliphatic rings. The van der Waals surface area contributed by atoms with E-state index in [2.05, 4.69) is 11.3 Å². The highest BCUT2D eigenvalue weighted by atomic mass is 32.2. The second-order valence-electron chi connectivity index (χ2n) is 18.9. The second-order valence-corrected chi connectivity index (χ2v) is 23.1. The number of rotatable bonds is 15. The van der Waals surface area contributed by atoms with Crippen LogP contribution in [0.3, 0.4) is 0 Å². The first-order chi connectivity index (χ1) is 29.9. The summed E-state index contributed by atoms with van der Waals surface area (Å²) >= 11 is 3.02. The van der Waals surface area contributed by atoms with E-state index in [1.54, 1.807) is 28.4 Å². The quantitative estimate of drug-likeness (QED) is 0.101. The monoisotopic (exact) mass is 913 g/mol. The molecule has 9 rings (SSSR count). The Morgan fingerprint density at radius 3 is 2.49 bits per heavy atom. The minimum Gasteiger partial charge on any atom is -0.491 e. The average molecular weight is 914 g/mol. The fourth-order valence-corrected chi connectivity index (χ4v) is 12.8. The lowest BCUT2D eigenvalue weighted by Crippen LogP contribution is -2.48. The number of thiophene rings is 1. The molecule has 3 fully saturated rings. The van der Waals surface area contributed by atoms with Gasteiger partial charge in [0.2, 0.25) is 27.7 Å². The van der Waals surface area contributed by atoms with Crippen LogP contribution in [0.15, 0.2) is 55.1 Å². The number of carbonyl (C=O) groups is 3. The summed E-state index contributed by atoms with van der Waals surface area (Å²) in [6, 6.07) is 10.9. The molecule has 2 aromatic carbocycles. The van der Waals surface area contributed by atoms with Crippen LogP contribution in [0.2, 0.25) is 0 Å². The van der Waals surface area contributed by atoms with E-state index in [-0.39, 0.29) is 49.5 Å². The van der Waals surface area contributed by atoms with Gasteiger partial charge in [-0.05, 0) is 106 Å². The van der Waals surface area contributed by atoms with Crippen molar-refractivity contribution in [3.05, 3.63) is 76.5 Å². The lowest BCUT2D eigenvalue weighted by atomic mass is 9.77. The molecule has 1 saturated heterocycles. The van der Waals surface area contributed by atoms with Crippen LogP contribution in [0.5, 0.6) is 11.6 Å². The Hall–Kier alpha value is -4.80. The second kappa shape index (κ2) is 16.3. The van der Waals surface area contributed by atoms with Crippen molar-refractivity contribution in [1.82, 2.24) is 24.6 Å². The SMILES string of the molecule is C=C[C@@H]1C[C@]1(CC(=O)[C@@H]1C[C@@H](Oc2nc(-c3ccc(OC(C)C)cc3)nc3c2sc2ccc(F)cc23)CN1C(=O)[C@@H](Cc1nc2c(s1)CCC2)C(C)(C)C)C(=O)NS(=O)(=O)C1CC1. The molecule has 63 heavy (non-hydrogen) atoms. The Bertz CT molecular complexity index is 2740. The van der Waals surface area contributed by atoms with E-state index in [1.807, 2.05) is 58.9 Å². The number of allylic oxidation sites excluding steroid dienone is 1. The topological polar surface area (TPSA) is 158 Å².